The van der Waals surface area contributed by atoms with Crippen LogP contribution >= 0.6 is 11.8 Å². The quantitative estimate of drug-likeness (QED) is 0.446. The van der Waals surface area contributed by atoms with E-state index in [0.29, 0.717) is 6.07 Å². The first-order valence-electron chi connectivity index (χ1n) is 3.80. The fourth-order valence-corrected chi connectivity index (χ4v) is 1.51. The third kappa shape index (κ3) is 2.50. The van der Waals surface area contributed by atoms with Crippen molar-refractivity contribution in [3.63, 3.8) is 0 Å². The molecule has 15 heavy (non-hydrogen) atoms. The summed E-state index contributed by atoms with van der Waals surface area (Å²) in [5, 5.41) is 0. The van der Waals surface area contributed by atoms with Crippen LogP contribution in [0, 0.1) is 5.82 Å². The molecule has 6 heteroatoms. The summed E-state index contributed by atoms with van der Waals surface area (Å²) in [6.07, 6.45) is -3.17. The lowest BCUT2D eigenvalue weighted by Gasteiger charge is -2.10. The van der Waals surface area contributed by atoms with Gasteiger partial charge in [-0.25, -0.2) is 4.39 Å². The van der Waals surface area contributed by atoms with Crippen molar-refractivity contribution in [1.29, 1.82) is 0 Å². The van der Waals surface area contributed by atoms with Gasteiger partial charge in [0.15, 0.2) is 6.29 Å². The van der Waals surface area contributed by atoms with Crippen molar-refractivity contribution < 1.29 is 22.4 Å². The van der Waals surface area contributed by atoms with Crippen molar-refractivity contribution in [2.24, 2.45) is 0 Å². The van der Waals surface area contributed by atoms with Crippen LogP contribution in [0.3, 0.4) is 0 Å². The molecule has 0 heterocycles. The number of halogens is 4. The molecule has 0 radical (unpaired) electrons. The molecule has 0 spiro atoms. The number of benzene rings is 1. The van der Waals surface area contributed by atoms with Gasteiger partial charge in [-0.15, -0.1) is 11.8 Å². The minimum Gasteiger partial charge on any atom is -0.298 e. The molecular weight excluding hydrogens is 232 g/mol. The standard InChI is InChI=1S/C9H6F4OS/c1-15-6-2-5(4-14)8(10)7(3-6)9(11,12)13/h2-4H,1H3. The summed E-state index contributed by atoms with van der Waals surface area (Å²) in [6, 6.07) is 1.77. The highest BCUT2D eigenvalue weighted by atomic mass is 32.2. The van der Waals surface area contributed by atoms with Crippen LogP contribution in [0.2, 0.25) is 0 Å². The maximum atomic E-state index is 13.1. The van der Waals surface area contributed by atoms with E-state index in [1.807, 2.05) is 0 Å². The van der Waals surface area contributed by atoms with Crippen LogP contribution < -0.4 is 0 Å². The number of carbonyl (C=O) groups is 1. The molecule has 0 aromatic heterocycles. The molecule has 0 aliphatic carbocycles. The second kappa shape index (κ2) is 4.22. The van der Waals surface area contributed by atoms with Gasteiger partial charge in [-0.3, -0.25) is 4.79 Å². The molecule has 0 unspecified atom stereocenters. The minimum atomic E-state index is -4.78. The van der Waals surface area contributed by atoms with Gasteiger partial charge in [0.05, 0.1) is 11.1 Å². The highest BCUT2D eigenvalue weighted by molar-refractivity contribution is 7.98. The minimum absolute atomic E-state index is 0.0737. The van der Waals surface area contributed by atoms with Crippen LogP contribution in [-0.4, -0.2) is 12.5 Å². The van der Waals surface area contributed by atoms with E-state index in [0.717, 1.165) is 17.8 Å². The molecule has 0 saturated carbocycles. The zero-order valence-corrected chi connectivity index (χ0v) is 8.38. The van der Waals surface area contributed by atoms with Gasteiger partial charge in [0.1, 0.15) is 5.82 Å². The van der Waals surface area contributed by atoms with Crippen molar-refractivity contribution in [3.8, 4) is 0 Å². The van der Waals surface area contributed by atoms with Gasteiger partial charge in [0, 0.05) is 4.90 Å². The van der Waals surface area contributed by atoms with Crippen LogP contribution in [0.5, 0.6) is 0 Å². The van der Waals surface area contributed by atoms with Gasteiger partial charge < -0.3 is 0 Å². The lowest BCUT2D eigenvalue weighted by molar-refractivity contribution is -0.140. The Morgan fingerprint density at radius 3 is 2.33 bits per heavy atom. The molecule has 1 aromatic carbocycles. The summed E-state index contributed by atoms with van der Waals surface area (Å²) < 4.78 is 50.1. The van der Waals surface area contributed by atoms with Crippen molar-refractivity contribution in [1.82, 2.24) is 0 Å². The third-order valence-electron chi connectivity index (χ3n) is 1.74. The van der Waals surface area contributed by atoms with Crippen molar-refractivity contribution in [3.05, 3.63) is 29.1 Å². The zero-order valence-electron chi connectivity index (χ0n) is 7.56. The topological polar surface area (TPSA) is 17.1 Å². The van der Waals surface area contributed by atoms with Gasteiger partial charge >= 0.3 is 6.18 Å². The average molecular weight is 238 g/mol. The van der Waals surface area contributed by atoms with E-state index < -0.39 is 23.1 Å². The van der Waals surface area contributed by atoms with Crippen LogP contribution in [0.25, 0.3) is 0 Å². The van der Waals surface area contributed by atoms with E-state index in [2.05, 4.69) is 0 Å². The number of carbonyl (C=O) groups excluding carboxylic acids is 1. The molecule has 0 aliphatic rings. The Kier molecular flexibility index (Phi) is 3.38. The summed E-state index contributed by atoms with van der Waals surface area (Å²) in [6.45, 7) is 0. The number of hydrogen-bond acceptors (Lipinski definition) is 2. The van der Waals surface area contributed by atoms with E-state index in [9.17, 15) is 22.4 Å². The van der Waals surface area contributed by atoms with Crippen molar-refractivity contribution in [2.45, 2.75) is 11.1 Å². The first-order chi connectivity index (χ1) is 6.90. The first-order valence-corrected chi connectivity index (χ1v) is 5.02. The molecule has 1 aromatic rings. The second-order valence-electron chi connectivity index (χ2n) is 2.69. The zero-order chi connectivity index (χ0) is 11.6. The maximum Gasteiger partial charge on any atom is 0.419 e. The molecule has 0 saturated heterocycles. The Morgan fingerprint density at radius 1 is 1.33 bits per heavy atom. The highest BCUT2D eigenvalue weighted by Crippen LogP contribution is 2.34. The number of alkyl halides is 3. The van der Waals surface area contributed by atoms with E-state index in [1.54, 1.807) is 6.26 Å². The molecule has 0 bridgehead atoms. The van der Waals surface area contributed by atoms with Crippen LogP contribution in [0.15, 0.2) is 17.0 Å². The second-order valence-corrected chi connectivity index (χ2v) is 3.57. The summed E-state index contributed by atoms with van der Waals surface area (Å²) in [7, 11) is 0. The first kappa shape index (κ1) is 12.0. The molecule has 0 amide bonds. The lowest BCUT2D eigenvalue weighted by atomic mass is 10.1. The number of thioether (sulfide) groups is 1. The highest BCUT2D eigenvalue weighted by Gasteiger charge is 2.35. The largest absolute Gasteiger partial charge is 0.419 e. The normalized spacial score (nSPS) is 11.5. The summed E-state index contributed by atoms with van der Waals surface area (Å²) in [5.41, 5.74) is -1.98. The summed E-state index contributed by atoms with van der Waals surface area (Å²) >= 11 is 1.01. The molecular formula is C9H6F4OS. The van der Waals surface area contributed by atoms with Gasteiger partial charge in [-0.2, -0.15) is 13.2 Å². The molecule has 0 atom stereocenters. The van der Waals surface area contributed by atoms with Gasteiger partial charge in [0.2, 0.25) is 0 Å². The summed E-state index contributed by atoms with van der Waals surface area (Å²) in [5.74, 6) is -1.52. The van der Waals surface area contributed by atoms with E-state index in [-0.39, 0.29) is 11.2 Å². The molecule has 82 valence electrons. The van der Waals surface area contributed by atoms with Crippen LogP contribution in [-0.2, 0) is 6.18 Å². The monoisotopic (exact) mass is 238 g/mol. The van der Waals surface area contributed by atoms with E-state index in [1.165, 1.54) is 0 Å². The van der Waals surface area contributed by atoms with Crippen LogP contribution in [0.1, 0.15) is 15.9 Å². The molecule has 0 N–H and O–H groups in total. The number of hydrogen-bond donors (Lipinski definition) is 0. The molecule has 0 fully saturated rings. The number of rotatable bonds is 2. The summed E-state index contributed by atoms with van der Waals surface area (Å²) in [4.78, 5) is 10.6. The van der Waals surface area contributed by atoms with Crippen molar-refractivity contribution >= 4 is 18.0 Å². The van der Waals surface area contributed by atoms with E-state index >= 15 is 0 Å². The van der Waals surface area contributed by atoms with Gasteiger partial charge in [-0.05, 0) is 18.4 Å². The Hall–Kier alpha value is -1.04. The molecule has 1 rings (SSSR count). The smallest absolute Gasteiger partial charge is 0.298 e. The SMILES string of the molecule is CSc1cc(C=O)c(F)c(C(F)(F)F)c1. The number of aldehydes is 1. The third-order valence-corrected chi connectivity index (χ3v) is 2.45. The Bertz CT molecular complexity index is 386. The van der Waals surface area contributed by atoms with Crippen molar-refractivity contribution in [2.75, 3.05) is 6.26 Å². The van der Waals surface area contributed by atoms with Gasteiger partial charge in [0.25, 0.3) is 0 Å². The Labute approximate surface area is 87.5 Å². The Balaban J connectivity index is 3.44. The Morgan fingerprint density at radius 2 is 1.93 bits per heavy atom. The molecule has 1 nitrogen and oxygen atoms in total. The maximum absolute atomic E-state index is 13.1. The lowest BCUT2D eigenvalue weighted by Crippen LogP contribution is -2.10. The van der Waals surface area contributed by atoms with Gasteiger partial charge in [-0.1, -0.05) is 0 Å². The van der Waals surface area contributed by atoms with Crippen LogP contribution in [0.4, 0.5) is 17.6 Å². The predicted octanol–water partition coefficient (Wildman–Crippen LogP) is 3.38. The fraction of sp³-hybridized carbons (Fsp3) is 0.222. The average Bonchev–Trinajstić information content (AvgIpc) is 2.16. The predicted molar refractivity (Wildman–Crippen MR) is 48.6 cm³/mol. The fourth-order valence-electron chi connectivity index (χ4n) is 1.03. The molecule has 0 aliphatic heterocycles. The van der Waals surface area contributed by atoms with E-state index in [4.69, 9.17) is 0 Å².